The number of fused-ring (bicyclic) bond motifs is 1. The molecule has 182 valence electrons. The Morgan fingerprint density at radius 3 is 2.66 bits per heavy atom. The van der Waals surface area contributed by atoms with Crippen molar-refractivity contribution < 1.29 is 28.3 Å². The quantitative estimate of drug-likeness (QED) is 0.258. The van der Waals surface area contributed by atoms with Crippen molar-refractivity contribution >= 4 is 46.4 Å². The summed E-state index contributed by atoms with van der Waals surface area (Å²) < 4.78 is 15.6. The molecule has 10 heteroatoms. The third-order valence-electron chi connectivity index (χ3n) is 5.12. The number of carbonyl (C=O) groups excluding carboxylic acids is 3. The number of amides is 2. The average molecular weight is 497 g/mol. The molecule has 2 aromatic carbocycles. The van der Waals surface area contributed by atoms with Gasteiger partial charge in [-0.1, -0.05) is 12.1 Å². The fourth-order valence-electron chi connectivity index (χ4n) is 3.33. The molecule has 1 saturated carbocycles. The topological polar surface area (TPSA) is 124 Å². The lowest BCUT2D eigenvalue weighted by molar-refractivity contribution is -0.118. The van der Waals surface area contributed by atoms with Gasteiger partial charge in [-0.2, -0.15) is 0 Å². The van der Waals surface area contributed by atoms with Crippen LogP contribution in [-0.2, 0) is 20.9 Å². The molecule has 2 N–H and O–H groups in total. The van der Waals surface area contributed by atoms with Gasteiger partial charge in [0.15, 0.2) is 0 Å². The molecule has 1 fully saturated rings. The van der Waals surface area contributed by atoms with Gasteiger partial charge in [-0.3, -0.25) is 10.1 Å². The number of nitrogens with one attached hydrogen (secondary N) is 2. The van der Waals surface area contributed by atoms with Crippen LogP contribution < -0.4 is 16.3 Å². The van der Waals surface area contributed by atoms with E-state index in [1.54, 1.807) is 43.3 Å². The molecule has 0 radical (unpaired) electrons. The van der Waals surface area contributed by atoms with E-state index in [-0.39, 0.29) is 36.5 Å². The molecule has 2 amide bonds. The predicted molar refractivity (Wildman–Crippen MR) is 131 cm³/mol. The van der Waals surface area contributed by atoms with Gasteiger partial charge in [0.25, 0.3) is 0 Å². The number of hydrogen-bond donors (Lipinski definition) is 2. The van der Waals surface area contributed by atoms with E-state index in [2.05, 4.69) is 10.6 Å². The van der Waals surface area contributed by atoms with E-state index in [0.717, 1.165) is 12.8 Å². The molecule has 0 atom stereocenters. The summed E-state index contributed by atoms with van der Waals surface area (Å²) in [5.41, 5.74) is 0.806. The van der Waals surface area contributed by atoms with Crippen molar-refractivity contribution in [1.82, 2.24) is 5.32 Å². The molecule has 1 aliphatic carbocycles. The van der Waals surface area contributed by atoms with Crippen LogP contribution in [0.3, 0.4) is 0 Å². The fraction of sp³-hybridized carbons (Fsp3) is 0.280. The van der Waals surface area contributed by atoms with Gasteiger partial charge in [0.2, 0.25) is 5.91 Å². The Labute approximate surface area is 205 Å². The van der Waals surface area contributed by atoms with E-state index in [9.17, 15) is 19.2 Å². The highest BCUT2D eigenvalue weighted by Gasteiger charge is 2.23. The van der Waals surface area contributed by atoms with Gasteiger partial charge in [0, 0.05) is 39.7 Å². The van der Waals surface area contributed by atoms with E-state index in [1.165, 1.54) is 23.9 Å². The third-order valence-corrected chi connectivity index (χ3v) is 6.19. The zero-order chi connectivity index (χ0) is 24.8. The van der Waals surface area contributed by atoms with Crippen LogP contribution in [-0.4, -0.2) is 36.4 Å². The van der Waals surface area contributed by atoms with Crippen molar-refractivity contribution in [3.05, 3.63) is 70.1 Å². The number of anilines is 1. The Balaban J connectivity index is 1.45. The van der Waals surface area contributed by atoms with Gasteiger partial charge >= 0.3 is 17.7 Å². The summed E-state index contributed by atoms with van der Waals surface area (Å²) in [7, 11) is 0. The van der Waals surface area contributed by atoms with Crippen LogP contribution in [0.25, 0.3) is 11.0 Å². The second-order valence-corrected chi connectivity index (χ2v) is 8.87. The van der Waals surface area contributed by atoms with Gasteiger partial charge in [0.1, 0.15) is 12.2 Å². The second kappa shape index (κ2) is 11.1. The fourth-order valence-corrected chi connectivity index (χ4v) is 4.19. The molecule has 1 aliphatic rings. The van der Waals surface area contributed by atoms with E-state index in [0.29, 0.717) is 27.1 Å². The van der Waals surface area contributed by atoms with E-state index >= 15 is 0 Å². The standard InChI is InChI=1S/C25H24N2O7S/c1-2-32-25(31)27-17-9-10-18-15(11-23(29)34-20(18)12-17)13-33-24(30)19-5-3-4-6-21(19)35-14-22(28)26-16-7-8-16/h3-6,9-12,16H,2,7-8,13-14H2,1H3,(H,26,28)(H,27,31). The highest BCUT2D eigenvalue weighted by Crippen LogP contribution is 2.26. The first kappa shape index (κ1) is 24.3. The van der Waals surface area contributed by atoms with Crippen LogP contribution in [0.4, 0.5) is 10.5 Å². The summed E-state index contributed by atoms with van der Waals surface area (Å²) >= 11 is 1.27. The van der Waals surface area contributed by atoms with Crippen molar-refractivity contribution in [2.75, 3.05) is 17.7 Å². The molecule has 0 spiro atoms. The molecular weight excluding hydrogens is 472 g/mol. The van der Waals surface area contributed by atoms with Crippen LogP contribution in [0.15, 0.2) is 62.6 Å². The molecule has 3 aromatic rings. The molecule has 0 aliphatic heterocycles. The highest BCUT2D eigenvalue weighted by molar-refractivity contribution is 8.00. The largest absolute Gasteiger partial charge is 0.457 e. The van der Waals surface area contributed by atoms with Gasteiger partial charge in [-0.25, -0.2) is 14.4 Å². The van der Waals surface area contributed by atoms with Crippen LogP contribution in [0.5, 0.6) is 0 Å². The van der Waals surface area contributed by atoms with Crippen LogP contribution in [0.1, 0.15) is 35.7 Å². The lowest BCUT2D eigenvalue weighted by Gasteiger charge is -2.11. The second-order valence-electron chi connectivity index (χ2n) is 7.85. The first-order valence-electron chi connectivity index (χ1n) is 11.1. The Morgan fingerprint density at radius 1 is 1.09 bits per heavy atom. The summed E-state index contributed by atoms with van der Waals surface area (Å²) in [6.07, 6.45) is 1.39. The summed E-state index contributed by atoms with van der Waals surface area (Å²) in [6, 6.07) is 13.2. The normalized spacial score (nSPS) is 12.7. The van der Waals surface area contributed by atoms with Crippen LogP contribution in [0, 0.1) is 0 Å². The minimum atomic E-state index is -0.624. The van der Waals surface area contributed by atoms with Crippen molar-refractivity contribution in [2.45, 2.75) is 37.3 Å². The van der Waals surface area contributed by atoms with Crippen LogP contribution in [0.2, 0.25) is 0 Å². The minimum absolute atomic E-state index is 0.0695. The van der Waals surface area contributed by atoms with Gasteiger partial charge in [-0.05, 0) is 44.0 Å². The average Bonchev–Trinajstić information content (AvgIpc) is 3.65. The number of carbonyl (C=O) groups is 3. The lowest BCUT2D eigenvalue weighted by atomic mass is 10.1. The zero-order valence-corrected chi connectivity index (χ0v) is 19.8. The number of ether oxygens (including phenoxy) is 2. The number of esters is 1. The first-order valence-corrected chi connectivity index (χ1v) is 12.1. The molecule has 0 saturated heterocycles. The van der Waals surface area contributed by atoms with Crippen molar-refractivity contribution in [3.8, 4) is 0 Å². The SMILES string of the molecule is CCOC(=O)Nc1ccc2c(COC(=O)c3ccccc3SCC(=O)NC3CC3)cc(=O)oc2c1. The molecule has 4 rings (SSSR count). The van der Waals surface area contributed by atoms with Crippen molar-refractivity contribution in [3.63, 3.8) is 0 Å². The van der Waals surface area contributed by atoms with Crippen molar-refractivity contribution in [2.24, 2.45) is 0 Å². The Morgan fingerprint density at radius 2 is 1.89 bits per heavy atom. The molecular formula is C25H24N2O7S. The predicted octanol–water partition coefficient (Wildman–Crippen LogP) is 4.09. The van der Waals surface area contributed by atoms with Crippen molar-refractivity contribution in [1.29, 1.82) is 0 Å². The summed E-state index contributed by atoms with van der Waals surface area (Å²) in [4.78, 5) is 49.2. The Bertz CT molecular complexity index is 1320. The monoisotopic (exact) mass is 496 g/mol. The number of thioether (sulfide) groups is 1. The Kier molecular flexibility index (Phi) is 7.71. The maximum Gasteiger partial charge on any atom is 0.411 e. The summed E-state index contributed by atoms with van der Waals surface area (Å²) in [6.45, 7) is 1.75. The summed E-state index contributed by atoms with van der Waals surface area (Å²) in [5, 5.41) is 6.03. The van der Waals surface area contributed by atoms with E-state index in [4.69, 9.17) is 13.9 Å². The molecule has 35 heavy (non-hydrogen) atoms. The number of rotatable bonds is 9. The molecule has 1 aromatic heterocycles. The van der Waals surface area contributed by atoms with Gasteiger partial charge in [-0.15, -0.1) is 11.8 Å². The van der Waals surface area contributed by atoms with Crippen LogP contribution >= 0.6 is 11.8 Å². The molecule has 1 heterocycles. The maximum atomic E-state index is 12.8. The lowest BCUT2D eigenvalue weighted by Crippen LogP contribution is -2.27. The number of benzene rings is 2. The van der Waals surface area contributed by atoms with Gasteiger partial charge < -0.3 is 19.2 Å². The maximum absolute atomic E-state index is 12.8. The smallest absolute Gasteiger partial charge is 0.411 e. The molecule has 9 nitrogen and oxygen atoms in total. The molecule has 0 bridgehead atoms. The Hall–Kier alpha value is -3.79. The summed E-state index contributed by atoms with van der Waals surface area (Å²) in [5.74, 6) is -0.439. The number of hydrogen-bond acceptors (Lipinski definition) is 8. The van der Waals surface area contributed by atoms with E-state index in [1.807, 2.05) is 0 Å². The van der Waals surface area contributed by atoms with Gasteiger partial charge in [0.05, 0.1) is 17.9 Å². The zero-order valence-electron chi connectivity index (χ0n) is 19.0. The first-order chi connectivity index (χ1) is 16.9. The minimum Gasteiger partial charge on any atom is -0.457 e. The third kappa shape index (κ3) is 6.63. The van der Waals surface area contributed by atoms with E-state index < -0.39 is 17.7 Å². The highest BCUT2D eigenvalue weighted by atomic mass is 32.2. The molecule has 0 unspecified atom stereocenters.